The fourth-order valence-corrected chi connectivity index (χ4v) is 4.71. The predicted molar refractivity (Wildman–Crippen MR) is 140 cm³/mol. The van der Waals surface area contributed by atoms with E-state index in [1.165, 1.54) is 12.1 Å². The first kappa shape index (κ1) is 26.7. The molecule has 4 aromatic rings. The Labute approximate surface area is 224 Å². The molecule has 0 aliphatic carbocycles. The molecule has 0 unspecified atom stereocenters. The first-order chi connectivity index (χ1) is 17.7. The molecule has 0 saturated heterocycles. The van der Waals surface area contributed by atoms with Gasteiger partial charge >= 0.3 is 6.18 Å². The zero-order valence-electron chi connectivity index (χ0n) is 19.6. The zero-order valence-corrected chi connectivity index (χ0v) is 22.0. The lowest BCUT2D eigenvalue weighted by Gasteiger charge is -2.14. The van der Waals surface area contributed by atoms with Gasteiger partial charge in [-0.25, -0.2) is 0 Å². The lowest BCUT2D eigenvalue weighted by molar-refractivity contribution is -0.137. The van der Waals surface area contributed by atoms with Crippen molar-refractivity contribution in [3.8, 4) is 11.4 Å². The van der Waals surface area contributed by atoms with E-state index in [0.29, 0.717) is 29.8 Å². The van der Waals surface area contributed by atoms with Gasteiger partial charge in [-0.3, -0.25) is 9.36 Å². The van der Waals surface area contributed by atoms with Gasteiger partial charge < -0.3 is 10.1 Å². The molecule has 0 fully saturated rings. The highest BCUT2D eigenvalue weighted by atomic mass is 79.9. The van der Waals surface area contributed by atoms with Crippen molar-refractivity contribution >= 4 is 39.3 Å². The number of amides is 1. The SMILES string of the molecule is CCOc1ccc(-n2c(Cc3ccccc3)nnc2SCC(=O)Nc2ccc(Br)cc2C(F)(F)F)cc1. The van der Waals surface area contributed by atoms with Crippen molar-refractivity contribution in [2.45, 2.75) is 24.7 Å². The number of benzene rings is 3. The lowest BCUT2D eigenvalue weighted by Crippen LogP contribution is -2.18. The number of nitrogens with zero attached hydrogens (tertiary/aromatic N) is 3. The van der Waals surface area contributed by atoms with Crippen molar-refractivity contribution in [1.29, 1.82) is 0 Å². The normalized spacial score (nSPS) is 11.4. The Kier molecular flexibility index (Phi) is 8.55. The standard InChI is InChI=1S/C26H22BrF3N4O2S/c1-2-36-20-11-9-19(10-12-20)34-23(14-17-6-4-3-5-7-17)32-33-25(34)37-16-24(35)31-22-13-8-18(27)15-21(22)26(28,29)30/h3-13,15H,2,14,16H2,1H3,(H,31,35). The van der Waals surface area contributed by atoms with Crippen LogP contribution in [0.5, 0.6) is 5.75 Å². The summed E-state index contributed by atoms with van der Waals surface area (Å²) in [5.41, 5.74) is 0.572. The second-order valence-corrected chi connectivity index (χ2v) is 9.71. The molecule has 3 aromatic carbocycles. The molecule has 0 radical (unpaired) electrons. The van der Waals surface area contributed by atoms with Gasteiger partial charge in [0.1, 0.15) is 11.6 Å². The van der Waals surface area contributed by atoms with E-state index < -0.39 is 17.6 Å². The highest BCUT2D eigenvalue weighted by Gasteiger charge is 2.34. The van der Waals surface area contributed by atoms with Crippen molar-refractivity contribution in [1.82, 2.24) is 14.8 Å². The van der Waals surface area contributed by atoms with Crippen LogP contribution in [0.1, 0.15) is 23.9 Å². The van der Waals surface area contributed by atoms with E-state index >= 15 is 0 Å². The number of anilines is 1. The van der Waals surface area contributed by atoms with Crippen LogP contribution in [0.25, 0.3) is 5.69 Å². The molecular formula is C26H22BrF3N4O2S. The summed E-state index contributed by atoms with van der Waals surface area (Å²) in [5.74, 6) is 0.620. The fourth-order valence-electron chi connectivity index (χ4n) is 3.58. The number of nitrogens with one attached hydrogen (secondary N) is 1. The Hall–Kier alpha value is -3.31. The Morgan fingerprint density at radius 1 is 1.05 bits per heavy atom. The molecule has 0 atom stereocenters. The van der Waals surface area contributed by atoms with Gasteiger partial charge in [0.15, 0.2) is 5.16 Å². The first-order valence-electron chi connectivity index (χ1n) is 11.3. The van der Waals surface area contributed by atoms with E-state index in [1.54, 1.807) is 0 Å². The molecule has 0 spiro atoms. The van der Waals surface area contributed by atoms with Crippen molar-refractivity contribution in [3.63, 3.8) is 0 Å². The minimum atomic E-state index is -4.61. The summed E-state index contributed by atoms with van der Waals surface area (Å²) in [6.07, 6.45) is -4.11. The summed E-state index contributed by atoms with van der Waals surface area (Å²) in [4.78, 5) is 12.6. The summed E-state index contributed by atoms with van der Waals surface area (Å²) >= 11 is 4.13. The lowest BCUT2D eigenvalue weighted by atomic mass is 10.1. The van der Waals surface area contributed by atoms with Crippen molar-refractivity contribution in [2.75, 3.05) is 17.7 Å². The van der Waals surface area contributed by atoms with Crippen LogP contribution < -0.4 is 10.1 Å². The van der Waals surface area contributed by atoms with Crippen LogP contribution >= 0.6 is 27.7 Å². The number of aromatic nitrogens is 3. The Morgan fingerprint density at radius 3 is 2.46 bits per heavy atom. The molecule has 37 heavy (non-hydrogen) atoms. The quantitative estimate of drug-likeness (QED) is 0.218. The van der Waals surface area contributed by atoms with Gasteiger partial charge in [-0.1, -0.05) is 58.0 Å². The average molecular weight is 591 g/mol. The number of carbonyl (C=O) groups is 1. The van der Waals surface area contributed by atoms with E-state index in [1.807, 2.05) is 66.1 Å². The minimum absolute atomic E-state index is 0.159. The van der Waals surface area contributed by atoms with Gasteiger partial charge in [-0.2, -0.15) is 13.2 Å². The molecule has 1 N–H and O–H groups in total. The molecule has 1 amide bonds. The third-order valence-corrected chi connectivity index (χ3v) is 6.63. The molecule has 0 aliphatic heterocycles. The van der Waals surface area contributed by atoms with Gasteiger partial charge in [-0.05, 0) is 55.0 Å². The molecule has 11 heteroatoms. The van der Waals surface area contributed by atoms with Crippen LogP contribution in [0.15, 0.2) is 82.4 Å². The maximum atomic E-state index is 13.4. The third kappa shape index (κ3) is 6.92. The highest BCUT2D eigenvalue weighted by Crippen LogP contribution is 2.36. The Morgan fingerprint density at radius 2 is 1.78 bits per heavy atom. The zero-order chi connectivity index (χ0) is 26.4. The topological polar surface area (TPSA) is 69.0 Å². The second kappa shape index (κ2) is 11.8. The monoisotopic (exact) mass is 590 g/mol. The summed E-state index contributed by atoms with van der Waals surface area (Å²) in [6, 6.07) is 20.7. The molecule has 0 saturated carbocycles. The van der Waals surface area contributed by atoms with Crippen LogP contribution in [-0.4, -0.2) is 33.0 Å². The number of hydrogen-bond acceptors (Lipinski definition) is 5. The molecular weight excluding hydrogens is 569 g/mol. The van der Waals surface area contributed by atoms with Crippen LogP contribution in [0.3, 0.4) is 0 Å². The number of thioether (sulfide) groups is 1. The smallest absolute Gasteiger partial charge is 0.418 e. The van der Waals surface area contributed by atoms with Gasteiger partial charge in [0, 0.05) is 16.6 Å². The largest absolute Gasteiger partial charge is 0.494 e. The van der Waals surface area contributed by atoms with E-state index in [9.17, 15) is 18.0 Å². The molecule has 1 aromatic heterocycles. The molecule has 0 aliphatic rings. The second-order valence-electron chi connectivity index (χ2n) is 7.85. The van der Waals surface area contributed by atoms with Gasteiger partial charge in [0.25, 0.3) is 0 Å². The van der Waals surface area contributed by atoms with Crippen molar-refractivity contribution in [2.24, 2.45) is 0 Å². The maximum absolute atomic E-state index is 13.4. The maximum Gasteiger partial charge on any atom is 0.418 e. The number of hydrogen-bond donors (Lipinski definition) is 1. The number of rotatable bonds is 9. The Balaban J connectivity index is 1.56. The summed E-state index contributed by atoms with van der Waals surface area (Å²) in [7, 11) is 0. The number of alkyl halides is 3. The fraction of sp³-hybridized carbons (Fsp3) is 0.192. The van der Waals surface area contributed by atoms with Crippen LogP contribution in [0, 0.1) is 0 Å². The van der Waals surface area contributed by atoms with Crippen molar-refractivity contribution in [3.05, 3.63) is 94.2 Å². The van der Waals surface area contributed by atoms with Crippen LogP contribution in [-0.2, 0) is 17.4 Å². The highest BCUT2D eigenvalue weighted by molar-refractivity contribution is 9.10. The minimum Gasteiger partial charge on any atom is -0.494 e. The predicted octanol–water partition coefficient (Wildman–Crippen LogP) is 6.77. The summed E-state index contributed by atoms with van der Waals surface area (Å²) in [5, 5.41) is 11.4. The third-order valence-electron chi connectivity index (χ3n) is 5.20. The summed E-state index contributed by atoms with van der Waals surface area (Å²) in [6.45, 7) is 2.44. The first-order valence-corrected chi connectivity index (χ1v) is 13.0. The number of ether oxygens (including phenoxy) is 1. The number of halogens is 4. The van der Waals surface area contributed by atoms with E-state index in [2.05, 4.69) is 31.4 Å². The molecule has 0 bridgehead atoms. The molecule has 1 heterocycles. The van der Waals surface area contributed by atoms with Crippen LogP contribution in [0.4, 0.5) is 18.9 Å². The number of carbonyl (C=O) groups excluding carboxylic acids is 1. The average Bonchev–Trinajstić information content (AvgIpc) is 3.27. The summed E-state index contributed by atoms with van der Waals surface area (Å²) < 4.78 is 47.9. The van der Waals surface area contributed by atoms with E-state index in [-0.39, 0.29) is 15.9 Å². The van der Waals surface area contributed by atoms with E-state index in [4.69, 9.17) is 4.74 Å². The molecule has 4 rings (SSSR count). The van der Waals surface area contributed by atoms with Crippen molar-refractivity contribution < 1.29 is 22.7 Å². The molecule has 6 nitrogen and oxygen atoms in total. The Bertz CT molecular complexity index is 1360. The van der Waals surface area contributed by atoms with E-state index in [0.717, 1.165) is 29.1 Å². The van der Waals surface area contributed by atoms with Gasteiger partial charge in [-0.15, -0.1) is 10.2 Å². The van der Waals surface area contributed by atoms with Gasteiger partial charge in [0.05, 0.1) is 23.6 Å². The van der Waals surface area contributed by atoms with Gasteiger partial charge in [0.2, 0.25) is 5.91 Å². The molecule has 192 valence electrons. The van der Waals surface area contributed by atoms with Crippen LogP contribution in [0.2, 0.25) is 0 Å².